The first-order valence-electron chi connectivity index (χ1n) is 8.94. The van der Waals surface area contributed by atoms with Crippen molar-refractivity contribution in [3.05, 3.63) is 63.1 Å². The maximum absolute atomic E-state index is 12.4. The number of hydrogen-bond acceptors (Lipinski definition) is 3. The summed E-state index contributed by atoms with van der Waals surface area (Å²) in [5.74, 6) is 2.22. The lowest BCUT2D eigenvalue weighted by atomic mass is 10.1. The third-order valence-electron chi connectivity index (χ3n) is 4.24. The van der Waals surface area contributed by atoms with Crippen molar-refractivity contribution in [3.63, 3.8) is 0 Å². The quantitative estimate of drug-likeness (QED) is 0.514. The number of hydrogen-bond donors (Lipinski definition) is 1. The second-order valence-electron chi connectivity index (χ2n) is 6.34. The normalized spacial score (nSPS) is 11.9. The lowest BCUT2D eigenvalue weighted by Crippen LogP contribution is -2.39. The number of halogens is 2. The molecule has 6 heteroatoms. The van der Waals surface area contributed by atoms with Crippen molar-refractivity contribution >= 4 is 40.9 Å². The standard InChI is InChI=1S/C21H25Cl2NO2S/c1-4-20(26-18-8-5-14(2)15(3)11-18)21(25)24-9-10-27-13-16-6-7-17(22)12-19(16)23/h5-8,11-12,20H,4,9-10,13H2,1-3H3,(H,24,25)/t20-/m1/s1. The van der Waals surface area contributed by atoms with Crippen LogP contribution in [-0.4, -0.2) is 24.3 Å². The first kappa shape index (κ1) is 21.9. The molecule has 0 heterocycles. The van der Waals surface area contributed by atoms with Crippen LogP contribution in [0.15, 0.2) is 36.4 Å². The van der Waals surface area contributed by atoms with Gasteiger partial charge in [-0.2, -0.15) is 11.8 Å². The minimum Gasteiger partial charge on any atom is -0.481 e. The fourth-order valence-electron chi connectivity index (χ4n) is 2.45. The van der Waals surface area contributed by atoms with Crippen molar-refractivity contribution in [1.29, 1.82) is 0 Å². The number of ether oxygens (including phenoxy) is 1. The van der Waals surface area contributed by atoms with Crippen LogP contribution in [0.5, 0.6) is 5.75 Å². The van der Waals surface area contributed by atoms with Crippen molar-refractivity contribution in [3.8, 4) is 5.75 Å². The summed E-state index contributed by atoms with van der Waals surface area (Å²) in [6.45, 7) is 6.62. The van der Waals surface area contributed by atoms with Gasteiger partial charge in [-0.1, -0.05) is 42.3 Å². The Kier molecular flexibility index (Phi) is 8.81. The van der Waals surface area contributed by atoms with Crippen LogP contribution in [0.3, 0.4) is 0 Å². The molecule has 0 fully saturated rings. The Morgan fingerprint density at radius 3 is 2.59 bits per heavy atom. The Balaban J connectivity index is 1.75. The number of thioether (sulfide) groups is 1. The van der Waals surface area contributed by atoms with Gasteiger partial charge < -0.3 is 10.1 Å². The molecule has 0 unspecified atom stereocenters. The highest BCUT2D eigenvalue weighted by Crippen LogP contribution is 2.24. The first-order valence-corrected chi connectivity index (χ1v) is 10.8. The van der Waals surface area contributed by atoms with Gasteiger partial charge in [0.15, 0.2) is 6.10 Å². The smallest absolute Gasteiger partial charge is 0.261 e. The maximum Gasteiger partial charge on any atom is 0.261 e. The summed E-state index contributed by atoms with van der Waals surface area (Å²) < 4.78 is 5.87. The predicted molar refractivity (Wildman–Crippen MR) is 116 cm³/mol. The molecule has 1 N–H and O–H groups in total. The van der Waals surface area contributed by atoms with Gasteiger partial charge in [-0.15, -0.1) is 0 Å². The highest BCUT2D eigenvalue weighted by atomic mass is 35.5. The van der Waals surface area contributed by atoms with Crippen LogP contribution in [0.1, 0.15) is 30.0 Å². The van der Waals surface area contributed by atoms with Gasteiger partial charge in [-0.05, 0) is 61.2 Å². The lowest BCUT2D eigenvalue weighted by molar-refractivity contribution is -0.127. The molecule has 2 aromatic rings. The Bertz CT molecular complexity index is 783. The van der Waals surface area contributed by atoms with Crippen LogP contribution in [0.25, 0.3) is 0 Å². The van der Waals surface area contributed by atoms with Crippen molar-refractivity contribution in [2.24, 2.45) is 0 Å². The molecule has 0 radical (unpaired) electrons. The van der Waals surface area contributed by atoms with E-state index < -0.39 is 6.10 Å². The zero-order valence-corrected chi connectivity index (χ0v) is 18.2. The van der Waals surface area contributed by atoms with Crippen LogP contribution in [0.4, 0.5) is 0 Å². The van der Waals surface area contributed by atoms with E-state index in [2.05, 4.69) is 12.2 Å². The largest absolute Gasteiger partial charge is 0.481 e. The van der Waals surface area contributed by atoms with Crippen molar-refractivity contribution in [2.45, 2.75) is 39.0 Å². The van der Waals surface area contributed by atoms with Crippen LogP contribution in [0.2, 0.25) is 10.0 Å². The van der Waals surface area contributed by atoms with E-state index in [9.17, 15) is 4.79 Å². The van der Waals surface area contributed by atoms with Gasteiger partial charge in [-0.25, -0.2) is 0 Å². The summed E-state index contributed by atoms with van der Waals surface area (Å²) in [6.07, 6.45) is 0.134. The van der Waals surface area contributed by atoms with E-state index in [-0.39, 0.29) is 5.91 Å². The zero-order chi connectivity index (χ0) is 19.8. The molecular formula is C21H25Cl2NO2S. The van der Waals surface area contributed by atoms with E-state index in [1.165, 1.54) is 5.56 Å². The highest BCUT2D eigenvalue weighted by Gasteiger charge is 2.18. The summed E-state index contributed by atoms with van der Waals surface area (Å²) in [4.78, 5) is 12.4. The maximum atomic E-state index is 12.4. The monoisotopic (exact) mass is 425 g/mol. The molecular weight excluding hydrogens is 401 g/mol. The SMILES string of the molecule is CC[C@@H](Oc1ccc(C)c(C)c1)C(=O)NCCSCc1ccc(Cl)cc1Cl. The Labute approximate surface area is 175 Å². The van der Waals surface area contributed by atoms with E-state index in [4.69, 9.17) is 27.9 Å². The Morgan fingerprint density at radius 2 is 1.93 bits per heavy atom. The molecule has 1 atom stereocenters. The number of rotatable bonds is 9. The number of amides is 1. The highest BCUT2D eigenvalue weighted by molar-refractivity contribution is 7.98. The van der Waals surface area contributed by atoms with Crippen LogP contribution >= 0.6 is 35.0 Å². The van der Waals surface area contributed by atoms with Crippen molar-refractivity contribution in [1.82, 2.24) is 5.32 Å². The third kappa shape index (κ3) is 6.95. The number of nitrogens with one attached hydrogen (secondary N) is 1. The molecule has 0 aliphatic rings. The summed E-state index contributed by atoms with van der Waals surface area (Å²) in [5, 5.41) is 4.26. The van der Waals surface area contributed by atoms with E-state index in [1.807, 2.05) is 44.2 Å². The van der Waals surface area contributed by atoms with Gasteiger partial charge >= 0.3 is 0 Å². The average molecular weight is 426 g/mol. The van der Waals surface area contributed by atoms with E-state index in [0.717, 1.165) is 28.4 Å². The fourth-order valence-corrected chi connectivity index (χ4v) is 3.87. The molecule has 2 aromatic carbocycles. The number of aryl methyl sites for hydroxylation is 2. The van der Waals surface area contributed by atoms with Crippen molar-refractivity contribution < 1.29 is 9.53 Å². The number of carbonyl (C=O) groups is 1. The number of carbonyl (C=O) groups excluding carboxylic acids is 1. The Hall–Kier alpha value is -1.36. The van der Waals surface area contributed by atoms with E-state index in [0.29, 0.717) is 23.0 Å². The minimum atomic E-state index is -0.484. The molecule has 0 saturated carbocycles. The first-order chi connectivity index (χ1) is 12.9. The minimum absolute atomic E-state index is 0.0825. The topological polar surface area (TPSA) is 38.3 Å². The van der Waals surface area contributed by atoms with Crippen LogP contribution in [0, 0.1) is 13.8 Å². The fraction of sp³-hybridized carbons (Fsp3) is 0.381. The lowest BCUT2D eigenvalue weighted by Gasteiger charge is -2.18. The molecule has 1 amide bonds. The van der Waals surface area contributed by atoms with E-state index in [1.54, 1.807) is 17.8 Å². The summed E-state index contributed by atoms with van der Waals surface area (Å²) >= 11 is 13.8. The summed E-state index contributed by atoms with van der Waals surface area (Å²) in [5.41, 5.74) is 3.40. The molecule has 0 spiro atoms. The van der Waals surface area contributed by atoms with Gasteiger partial charge in [0.1, 0.15) is 5.75 Å². The molecule has 0 bridgehead atoms. The van der Waals surface area contributed by atoms with Gasteiger partial charge in [0.25, 0.3) is 5.91 Å². The molecule has 0 aromatic heterocycles. The van der Waals surface area contributed by atoms with Gasteiger partial charge in [0.2, 0.25) is 0 Å². The van der Waals surface area contributed by atoms with Crippen molar-refractivity contribution in [2.75, 3.05) is 12.3 Å². The third-order valence-corrected chi connectivity index (χ3v) is 5.83. The van der Waals surface area contributed by atoms with Crippen LogP contribution in [-0.2, 0) is 10.5 Å². The molecule has 0 saturated heterocycles. The van der Waals surface area contributed by atoms with Crippen LogP contribution < -0.4 is 10.1 Å². The van der Waals surface area contributed by atoms with Gasteiger partial charge in [-0.3, -0.25) is 4.79 Å². The number of benzene rings is 2. The summed E-state index contributed by atoms with van der Waals surface area (Å²) in [6, 6.07) is 11.4. The predicted octanol–water partition coefficient (Wildman–Crippen LogP) is 5.82. The molecule has 0 aliphatic heterocycles. The molecule has 2 rings (SSSR count). The second-order valence-corrected chi connectivity index (χ2v) is 8.29. The molecule has 27 heavy (non-hydrogen) atoms. The zero-order valence-electron chi connectivity index (χ0n) is 15.9. The molecule has 0 aliphatic carbocycles. The second kappa shape index (κ2) is 10.8. The average Bonchev–Trinajstić information content (AvgIpc) is 2.63. The van der Waals surface area contributed by atoms with Gasteiger partial charge in [0, 0.05) is 28.1 Å². The van der Waals surface area contributed by atoms with E-state index >= 15 is 0 Å². The molecule has 146 valence electrons. The summed E-state index contributed by atoms with van der Waals surface area (Å²) in [7, 11) is 0. The molecule has 3 nitrogen and oxygen atoms in total. The van der Waals surface area contributed by atoms with Gasteiger partial charge in [0.05, 0.1) is 0 Å². The Morgan fingerprint density at radius 1 is 1.15 bits per heavy atom.